The summed E-state index contributed by atoms with van der Waals surface area (Å²) in [5.74, 6) is -1.75. The van der Waals surface area contributed by atoms with Crippen LogP contribution in [0.1, 0.15) is 12.8 Å². The average Bonchev–Trinajstić information content (AvgIpc) is 3.10. The number of carboxylic acids is 1. The number of amides is 1. The minimum Gasteiger partial charge on any atom is -0.480 e. The van der Waals surface area contributed by atoms with E-state index in [0.29, 0.717) is 13.0 Å². The van der Waals surface area contributed by atoms with Gasteiger partial charge in [-0.15, -0.1) is 0 Å². The van der Waals surface area contributed by atoms with Crippen LogP contribution in [0.3, 0.4) is 0 Å². The van der Waals surface area contributed by atoms with Crippen molar-refractivity contribution in [3.63, 3.8) is 0 Å². The molecule has 10 heteroatoms. The summed E-state index contributed by atoms with van der Waals surface area (Å²) in [5.41, 5.74) is 0. The third-order valence-corrected chi connectivity index (χ3v) is 6.91. The maximum atomic E-state index is 13.3. The van der Waals surface area contributed by atoms with Gasteiger partial charge in [-0.3, -0.25) is 14.5 Å². The number of benzene rings is 1. The zero-order valence-corrected chi connectivity index (χ0v) is 15.6. The first-order valence-electron chi connectivity index (χ1n) is 8.79. The summed E-state index contributed by atoms with van der Waals surface area (Å²) < 4.78 is 39.8. The molecule has 8 nitrogen and oxygen atoms in total. The monoisotopic (exact) mass is 399 g/mol. The van der Waals surface area contributed by atoms with Gasteiger partial charge in [0, 0.05) is 26.2 Å². The molecule has 148 valence electrons. The molecular formula is C17H22FN3O5S. The van der Waals surface area contributed by atoms with Crippen LogP contribution in [0, 0.1) is 5.82 Å². The number of piperazine rings is 1. The predicted octanol–water partition coefficient (Wildman–Crippen LogP) is 0.208. The standard InChI is InChI=1S/C17H22FN3O5S/c18-13-3-1-4-14(11-13)27(25,26)21-9-7-19(8-10-21)16(22)12-20-6-2-5-15(20)17(23)24/h1,3-4,11,15H,2,5-10,12H2,(H,23,24)/t15-/m0/s1. The highest BCUT2D eigenvalue weighted by Gasteiger charge is 2.34. The van der Waals surface area contributed by atoms with Gasteiger partial charge in [0.15, 0.2) is 0 Å². The molecular weight excluding hydrogens is 377 g/mol. The lowest BCUT2D eigenvalue weighted by atomic mass is 10.2. The largest absolute Gasteiger partial charge is 0.480 e. The van der Waals surface area contributed by atoms with Crippen molar-refractivity contribution in [3.05, 3.63) is 30.1 Å². The lowest BCUT2D eigenvalue weighted by molar-refractivity contribution is -0.143. The summed E-state index contributed by atoms with van der Waals surface area (Å²) in [4.78, 5) is 26.8. The molecule has 0 saturated carbocycles. The molecule has 1 N–H and O–H groups in total. The Morgan fingerprint density at radius 2 is 1.85 bits per heavy atom. The number of likely N-dealkylation sites (tertiary alicyclic amines) is 1. The molecule has 0 bridgehead atoms. The summed E-state index contributed by atoms with van der Waals surface area (Å²) in [6, 6.07) is 4.21. The van der Waals surface area contributed by atoms with Gasteiger partial charge in [0.25, 0.3) is 0 Å². The zero-order valence-electron chi connectivity index (χ0n) is 14.8. The fraction of sp³-hybridized carbons (Fsp3) is 0.529. The van der Waals surface area contributed by atoms with Gasteiger partial charge in [-0.1, -0.05) is 6.07 Å². The van der Waals surface area contributed by atoms with E-state index in [1.807, 2.05) is 0 Å². The molecule has 0 aliphatic carbocycles. The fourth-order valence-corrected chi connectivity index (χ4v) is 4.98. The SMILES string of the molecule is O=C(O)[C@@H]1CCCN1CC(=O)N1CCN(S(=O)(=O)c2cccc(F)c2)CC1. The molecule has 3 rings (SSSR count). The molecule has 1 atom stereocenters. The number of sulfonamides is 1. The number of carboxylic acid groups (broad SMARTS) is 1. The van der Waals surface area contributed by atoms with Gasteiger partial charge in [-0.05, 0) is 37.6 Å². The number of carbonyl (C=O) groups is 2. The first-order chi connectivity index (χ1) is 12.8. The van der Waals surface area contributed by atoms with Crippen molar-refractivity contribution in [2.45, 2.75) is 23.8 Å². The molecule has 27 heavy (non-hydrogen) atoms. The first kappa shape index (κ1) is 19.7. The van der Waals surface area contributed by atoms with E-state index in [0.717, 1.165) is 12.5 Å². The number of carbonyl (C=O) groups excluding carboxylic acids is 1. The third-order valence-electron chi connectivity index (χ3n) is 5.01. The molecule has 0 spiro atoms. The van der Waals surface area contributed by atoms with Gasteiger partial charge in [0.2, 0.25) is 15.9 Å². The highest BCUT2D eigenvalue weighted by Crippen LogP contribution is 2.20. The van der Waals surface area contributed by atoms with Gasteiger partial charge < -0.3 is 10.0 Å². The Balaban J connectivity index is 1.58. The van der Waals surface area contributed by atoms with Crippen molar-refractivity contribution in [2.75, 3.05) is 39.3 Å². The van der Waals surface area contributed by atoms with Crippen LogP contribution in [0.5, 0.6) is 0 Å². The smallest absolute Gasteiger partial charge is 0.320 e. The molecule has 0 aromatic heterocycles. The Hall–Kier alpha value is -2.04. The van der Waals surface area contributed by atoms with Crippen molar-refractivity contribution >= 4 is 21.9 Å². The van der Waals surface area contributed by atoms with Crippen molar-refractivity contribution in [1.29, 1.82) is 0 Å². The maximum absolute atomic E-state index is 13.3. The molecule has 0 unspecified atom stereocenters. The van der Waals surface area contributed by atoms with E-state index < -0.39 is 27.9 Å². The molecule has 0 radical (unpaired) electrons. The van der Waals surface area contributed by atoms with Crippen LogP contribution < -0.4 is 0 Å². The van der Waals surface area contributed by atoms with E-state index in [1.165, 1.54) is 22.5 Å². The van der Waals surface area contributed by atoms with Crippen LogP contribution in [-0.2, 0) is 19.6 Å². The molecule has 2 saturated heterocycles. The highest BCUT2D eigenvalue weighted by molar-refractivity contribution is 7.89. The molecule has 1 aromatic carbocycles. The Morgan fingerprint density at radius 1 is 1.15 bits per heavy atom. The number of hydrogen-bond donors (Lipinski definition) is 1. The summed E-state index contributed by atoms with van der Waals surface area (Å²) >= 11 is 0. The van der Waals surface area contributed by atoms with Crippen LogP contribution in [0.25, 0.3) is 0 Å². The number of rotatable bonds is 5. The van der Waals surface area contributed by atoms with Gasteiger partial charge in [0.1, 0.15) is 11.9 Å². The van der Waals surface area contributed by atoms with Crippen LogP contribution in [0.2, 0.25) is 0 Å². The van der Waals surface area contributed by atoms with E-state index >= 15 is 0 Å². The number of nitrogens with zero attached hydrogens (tertiary/aromatic N) is 3. The van der Waals surface area contributed by atoms with Crippen LogP contribution in [0.15, 0.2) is 29.2 Å². The van der Waals surface area contributed by atoms with Crippen molar-refractivity contribution in [2.24, 2.45) is 0 Å². The van der Waals surface area contributed by atoms with Crippen LogP contribution in [0.4, 0.5) is 4.39 Å². The quantitative estimate of drug-likeness (QED) is 0.760. The fourth-order valence-electron chi connectivity index (χ4n) is 3.52. The van der Waals surface area contributed by atoms with E-state index in [4.69, 9.17) is 0 Å². The van der Waals surface area contributed by atoms with Gasteiger partial charge in [0.05, 0.1) is 11.4 Å². The summed E-state index contributed by atoms with van der Waals surface area (Å²) in [7, 11) is -3.81. The summed E-state index contributed by atoms with van der Waals surface area (Å²) in [6.07, 6.45) is 1.27. The second kappa shape index (κ2) is 7.91. The Labute approximate surface area is 157 Å². The zero-order chi connectivity index (χ0) is 19.6. The molecule has 2 heterocycles. The second-order valence-corrected chi connectivity index (χ2v) is 8.65. The van der Waals surface area contributed by atoms with E-state index in [2.05, 4.69) is 0 Å². The Kier molecular flexibility index (Phi) is 5.78. The van der Waals surface area contributed by atoms with Crippen molar-refractivity contribution in [3.8, 4) is 0 Å². The van der Waals surface area contributed by atoms with Crippen molar-refractivity contribution < 1.29 is 27.5 Å². The maximum Gasteiger partial charge on any atom is 0.320 e. The topological polar surface area (TPSA) is 98.2 Å². The third kappa shape index (κ3) is 4.28. The Bertz CT molecular complexity index is 824. The van der Waals surface area contributed by atoms with E-state index in [1.54, 1.807) is 9.80 Å². The normalized spacial score (nSPS) is 22.1. The van der Waals surface area contributed by atoms with E-state index in [9.17, 15) is 27.5 Å². The highest BCUT2D eigenvalue weighted by atomic mass is 32.2. The second-order valence-electron chi connectivity index (χ2n) is 6.71. The minimum atomic E-state index is -3.81. The number of hydrogen-bond acceptors (Lipinski definition) is 5. The lowest BCUT2D eigenvalue weighted by Gasteiger charge is -2.35. The van der Waals surface area contributed by atoms with Crippen LogP contribution in [-0.4, -0.2) is 84.8 Å². The Morgan fingerprint density at radius 3 is 2.48 bits per heavy atom. The molecule has 1 amide bonds. The number of aliphatic carboxylic acids is 1. The van der Waals surface area contributed by atoms with Gasteiger partial charge in [-0.25, -0.2) is 12.8 Å². The van der Waals surface area contributed by atoms with E-state index in [-0.39, 0.29) is 43.5 Å². The lowest BCUT2D eigenvalue weighted by Crippen LogP contribution is -2.53. The molecule has 2 aliphatic heterocycles. The molecule has 2 fully saturated rings. The number of halogens is 1. The molecule has 1 aromatic rings. The van der Waals surface area contributed by atoms with Crippen LogP contribution >= 0.6 is 0 Å². The van der Waals surface area contributed by atoms with Gasteiger partial charge in [-0.2, -0.15) is 4.31 Å². The molecule has 2 aliphatic rings. The average molecular weight is 399 g/mol. The minimum absolute atomic E-state index is 0.0214. The van der Waals surface area contributed by atoms with Gasteiger partial charge >= 0.3 is 5.97 Å². The summed E-state index contributed by atoms with van der Waals surface area (Å²) in [6.45, 7) is 1.27. The first-order valence-corrected chi connectivity index (χ1v) is 10.2. The predicted molar refractivity (Wildman–Crippen MR) is 94.0 cm³/mol. The van der Waals surface area contributed by atoms with Crippen molar-refractivity contribution in [1.82, 2.24) is 14.1 Å². The summed E-state index contributed by atoms with van der Waals surface area (Å²) in [5, 5.41) is 9.19.